The lowest BCUT2D eigenvalue weighted by Gasteiger charge is -2.34. The molecule has 0 fully saturated rings. The molecule has 2 heterocycles. The number of nitrogens with zero attached hydrogens (tertiary/aromatic N) is 3. The lowest BCUT2D eigenvalue weighted by Crippen LogP contribution is -2.46. The summed E-state index contributed by atoms with van der Waals surface area (Å²) in [5, 5.41) is 8.64. The van der Waals surface area contributed by atoms with Gasteiger partial charge in [-0.05, 0) is 49.1 Å². The molecule has 2 aliphatic heterocycles. The topological polar surface area (TPSA) is 68.2 Å². The molecule has 3 atom stereocenters. The minimum atomic E-state index is -0.534. The number of carbonyl (C=O) groups excluding carboxylic acids is 1. The molecule has 6 heteroatoms. The predicted molar refractivity (Wildman–Crippen MR) is 119 cm³/mol. The van der Waals surface area contributed by atoms with E-state index in [9.17, 15) is 4.79 Å². The smallest absolute Gasteiger partial charge is 0.267 e. The van der Waals surface area contributed by atoms with E-state index in [2.05, 4.69) is 43.7 Å². The highest BCUT2D eigenvalue weighted by Gasteiger charge is 2.35. The third-order valence-corrected chi connectivity index (χ3v) is 5.72. The van der Waals surface area contributed by atoms with Crippen molar-refractivity contribution in [1.29, 1.82) is 0 Å². The molecule has 0 bridgehead atoms. The van der Waals surface area contributed by atoms with Gasteiger partial charge in [0.25, 0.3) is 5.91 Å². The average Bonchev–Trinajstić information content (AvgIpc) is 3.06. The Labute approximate surface area is 176 Å². The van der Waals surface area contributed by atoms with E-state index in [0.717, 1.165) is 37.5 Å². The van der Waals surface area contributed by atoms with Crippen LogP contribution in [-0.2, 0) is 4.79 Å². The van der Waals surface area contributed by atoms with E-state index >= 15 is 0 Å². The number of hydrogen-bond acceptors (Lipinski definition) is 5. The van der Waals surface area contributed by atoms with E-state index in [1.54, 1.807) is 11.6 Å². The Morgan fingerprint density at radius 1 is 1.38 bits per heavy atom. The van der Waals surface area contributed by atoms with Gasteiger partial charge in [0.1, 0.15) is 5.84 Å². The molecule has 2 rings (SSSR count). The molecule has 3 unspecified atom stereocenters. The Bertz CT molecular complexity index is 653. The maximum Gasteiger partial charge on any atom is 0.267 e. The minimum absolute atomic E-state index is 0.297. The molecule has 0 aromatic carbocycles. The summed E-state index contributed by atoms with van der Waals surface area (Å²) in [4.78, 5) is 21.2. The quantitative estimate of drug-likeness (QED) is 0.295. The van der Waals surface area contributed by atoms with Gasteiger partial charge in [0.15, 0.2) is 0 Å². The number of hydrogen-bond donors (Lipinski definition) is 2. The molecule has 2 N–H and O–H groups in total. The molecule has 0 saturated heterocycles. The number of likely N-dealkylation sites (N-methyl/N-ethyl adjacent to an activating group) is 1. The summed E-state index contributed by atoms with van der Waals surface area (Å²) in [6, 6.07) is 0.648. The van der Waals surface area contributed by atoms with E-state index in [1.807, 2.05) is 12.2 Å². The van der Waals surface area contributed by atoms with Crippen molar-refractivity contribution in [2.75, 3.05) is 19.6 Å². The first kappa shape index (κ1) is 23.4. The van der Waals surface area contributed by atoms with Gasteiger partial charge in [-0.15, -0.1) is 0 Å². The van der Waals surface area contributed by atoms with E-state index in [0.29, 0.717) is 18.0 Å². The Morgan fingerprint density at radius 3 is 2.83 bits per heavy atom. The number of carbonyl (C=O) groups is 1. The number of nitrogens with one attached hydrogen (secondary N) is 1. The summed E-state index contributed by atoms with van der Waals surface area (Å²) in [6.45, 7) is 12.3. The molecular formula is C23H38N4O2. The van der Waals surface area contributed by atoms with Crippen LogP contribution in [0.5, 0.6) is 0 Å². The number of aliphatic imine (C=N–C) groups is 1. The van der Waals surface area contributed by atoms with Crippen molar-refractivity contribution in [2.24, 2.45) is 10.9 Å². The van der Waals surface area contributed by atoms with Crippen molar-refractivity contribution in [2.45, 2.75) is 71.9 Å². The lowest BCUT2D eigenvalue weighted by atomic mass is 10.00. The molecule has 162 valence electrons. The van der Waals surface area contributed by atoms with Crippen LogP contribution in [0.1, 0.15) is 59.8 Å². The van der Waals surface area contributed by atoms with E-state index in [1.165, 1.54) is 31.8 Å². The van der Waals surface area contributed by atoms with E-state index in [4.69, 9.17) is 10.2 Å². The van der Waals surface area contributed by atoms with Gasteiger partial charge < -0.3 is 9.80 Å². The maximum atomic E-state index is 11.2. The van der Waals surface area contributed by atoms with E-state index in [-0.39, 0.29) is 0 Å². The van der Waals surface area contributed by atoms with Crippen molar-refractivity contribution in [1.82, 2.24) is 15.3 Å². The first-order chi connectivity index (χ1) is 14.0. The highest BCUT2D eigenvalue weighted by atomic mass is 16.5. The molecule has 0 aliphatic carbocycles. The van der Waals surface area contributed by atoms with Crippen molar-refractivity contribution in [3.8, 4) is 0 Å². The minimum Gasteiger partial charge on any atom is -0.327 e. The second-order valence-electron chi connectivity index (χ2n) is 8.19. The van der Waals surface area contributed by atoms with E-state index < -0.39 is 5.91 Å². The molecule has 2 aliphatic rings. The zero-order chi connectivity index (χ0) is 21.2. The first-order valence-electron chi connectivity index (χ1n) is 11.1. The highest BCUT2D eigenvalue weighted by Crippen LogP contribution is 2.28. The third kappa shape index (κ3) is 6.82. The number of unbranched alkanes of at least 4 members (excludes halogenated alkanes) is 1. The second-order valence-corrected chi connectivity index (χ2v) is 8.19. The number of allylic oxidation sites excluding steroid dienone is 3. The fourth-order valence-electron chi connectivity index (χ4n) is 4.15. The van der Waals surface area contributed by atoms with Crippen molar-refractivity contribution >= 4 is 11.7 Å². The largest absolute Gasteiger partial charge is 0.327 e. The third-order valence-electron chi connectivity index (χ3n) is 5.72. The van der Waals surface area contributed by atoms with Crippen molar-refractivity contribution < 1.29 is 10.0 Å². The van der Waals surface area contributed by atoms with Gasteiger partial charge in [0.2, 0.25) is 0 Å². The molecule has 0 saturated carbocycles. The van der Waals surface area contributed by atoms with Crippen LogP contribution in [-0.4, -0.2) is 58.5 Å². The van der Waals surface area contributed by atoms with Gasteiger partial charge in [0, 0.05) is 25.4 Å². The van der Waals surface area contributed by atoms with Crippen LogP contribution >= 0.6 is 0 Å². The SMILES string of the molecule is CCCCC1N=C2C=C(/C=C/C(=O)NO)C=CN2C1CN(CC)CC(C)CCC. The van der Waals surface area contributed by atoms with Crippen LogP contribution in [0.3, 0.4) is 0 Å². The van der Waals surface area contributed by atoms with Crippen molar-refractivity contribution in [3.05, 3.63) is 36.1 Å². The Hall–Kier alpha value is -1.92. The molecule has 6 nitrogen and oxygen atoms in total. The van der Waals surface area contributed by atoms with Crippen LogP contribution in [0.15, 0.2) is 41.1 Å². The standard InChI is InChI=1S/C23H38N4O2/c1-5-8-10-20-21(17-26(7-3)16-18(4)9-6-2)27-14-13-19(15-22(27)24-20)11-12-23(28)25-29/h11-15,18,20-21,29H,5-10,16-17H2,1-4H3,(H,25,28)/b12-11+. The van der Waals surface area contributed by atoms with Crippen LogP contribution in [0.2, 0.25) is 0 Å². The molecule has 0 radical (unpaired) electrons. The number of fused-ring (bicyclic) bond motifs is 1. The van der Waals surface area contributed by atoms with Gasteiger partial charge >= 0.3 is 0 Å². The Kier molecular flexibility index (Phi) is 9.61. The Balaban J connectivity index is 2.12. The van der Waals surface area contributed by atoms with Gasteiger partial charge in [-0.1, -0.05) is 47.0 Å². The molecule has 29 heavy (non-hydrogen) atoms. The normalized spacial score (nSPS) is 22.1. The number of amidine groups is 1. The summed E-state index contributed by atoms with van der Waals surface area (Å²) in [5.74, 6) is 1.15. The van der Waals surface area contributed by atoms with Crippen LogP contribution in [0.25, 0.3) is 0 Å². The fraction of sp³-hybridized carbons (Fsp3) is 0.652. The maximum absolute atomic E-state index is 11.2. The monoisotopic (exact) mass is 402 g/mol. The summed E-state index contributed by atoms with van der Waals surface area (Å²) < 4.78 is 0. The van der Waals surface area contributed by atoms with Crippen LogP contribution in [0.4, 0.5) is 0 Å². The molecule has 0 aromatic rings. The molecular weight excluding hydrogens is 364 g/mol. The van der Waals surface area contributed by atoms with Gasteiger partial charge in [-0.2, -0.15) is 0 Å². The molecule has 1 amide bonds. The predicted octanol–water partition coefficient (Wildman–Crippen LogP) is 3.90. The van der Waals surface area contributed by atoms with Gasteiger partial charge in [-0.25, -0.2) is 5.48 Å². The summed E-state index contributed by atoms with van der Waals surface area (Å²) in [5.41, 5.74) is 2.52. The molecule has 0 spiro atoms. The van der Waals surface area contributed by atoms with Gasteiger partial charge in [0.05, 0.1) is 12.1 Å². The zero-order valence-electron chi connectivity index (χ0n) is 18.5. The summed E-state index contributed by atoms with van der Waals surface area (Å²) in [6.07, 6.45) is 15.1. The summed E-state index contributed by atoms with van der Waals surface area (Å²) >= 11 is 0. The average molecular weight is 403 g/mol. The second kappa shape index (κ2) is 11.9. The highest BCUT2D eigenvalue weighted by molar-refractivity contribution is 5.98. The molecule has 0 aromatic heterocycles. The fourth-order valence-corrected chi connectivity index (χ4v) is 4.15. The lowest BCUT2D eigenvalue weighted by molar-refractivity contribution is -0.124. The first-order valence-corrected chi connectivity index (χ1v) is 11.1. The summed E-state index contributed by atoms with van der Waals surface area (Å²) in [7, 11) is 0. The van der Waals surface area contributed by atoms with Crippen molar-refractivity contribution in [3.63, 3.8) is 0 Å². The number of amides is 1. The number of rotatable bonds is 12. The zero-order valence-corrected chi connectivity index (χ0v) is 18.5. The van der Waals surface area contributed by atoms with Crippen LogP contribution in [0, 0.1) is 5.92 Å². The van der Waals surface area contributed by atoms with Crippen LogP contribution < -0.4 is 5.48 Å². The number of hydroxylamine groups is 1. The Morgan fingerprint density at radius 2 is 2.17 bits per heavy atom. The van der Waals surface area contributed by atoms with Gasteiger partial charge in [-0.3, -0.25) is 15.0 Å².